The summed E-state index contributed by atoms with van der Waals surface area (Å²) < 4.78 is 0. The van der Waals surface area contributed by atoms with Gasteiger partial charge in [-0.25, -0.2) is 5.48 Å². The van der Waals surface area contributed by atoms with E-state index in [0.29, 0.717) is 0 Å². The highest BCUT2D eigenvalue weighted by Crippen LogP contribution is 2.01. The number of ketones is 1. The second kappa shape index (κ2) is 7.25. The van der Waals surface area contributed by atoms with Crippen molar-refractivity contribution in [1.82, 2.24) is 5.48 Å². The van der Waals surface area contributed by atoms with Crippen LogP contribution in [0.5, 0.6) is 0 Å². The SMILES string of the molecule is CC(=O)NOCC(=O)[C@H](O)[C@@H](O)[C@H](O)CO. The van der Waals surface area contributed by atoms with Gasteiger partial charge in [-0.05, 0) is 0 Å². The number of hydroxylamine groups is 1. The molecule has 0 aromatic carbocycles. The molecule has 8 nitrogen and oxygen atoms in total. The standard InChI is InChI=1S/C8H15NO7/c1-4(11)9-16-3-6(13)8(15)7(14)5(12)2-10/h5,7-8,10,12,14-15H,2-3H2,1H3,(H,9,11)/t5-,7+,8+/m1/s1. The van der Waals surface area contributed by atoms with Gasteiger partial charge in [-0.15, -0.1) is 0 Å². The number of hydrogen-bond acceptors (Lipinski definition) is 7. The van der Waals surface area contributed by atoms with Crippen molar-refractivity contribution in [2.75, 3.05) is 13.2 Å². The molecule has 0 saturated carbocycles. The van der Waals surface area contributed by atoms with Crippen molar-refractivity contribution >= 4 is 11.7 Å². The summed E-state index contributed by atoms with van der Waals surface area (Å²) >= 11 is 0. The number of Topliss-reactive ketones (excluding diaryl/α,β-unsaturated/α-hetero) is 1. The number of aliphatic hydroxyl groups is 4. The topological polar surface area (TPSA) is 136 Å². The van der Waals surface area contributed by atoms with E-state index in [1.807, 2.05) is 5.48 Å². The van der Waals surface area contributed by atoms with E-state index in [1.165, 1.54) is 0 Å². The van der Waals surface area contributed by atoms with Crippen LogP contribution in [0.25, 0.3) is 0 Å². The first-order valence-corrected chi connectivity index (χ1v) is 4.46. The predicted octanol–water partition coefficient (Wildman–Crippen LogP) is -3.30. The van der Waals surface area contributed by atoms with Crippen LogP contribution in [0.15, 0.2) is 0 Å². The summed E-state index contributed by atoms with van der Waals surface area (Å²) in [5.41, 5.74) is 1.85. The first kappa shape index (κ1) is 14.9. The Bertz CT molecular complexity index is 245. The van der Waals surface area contributed by atoms with E-state index in [4.69, 9.17) is 15.3 Å². The van der Waals surface area contributed by atoms with Crippen LogP contribution in [-0.2, 0) is 14.4 Å². The van der Waals surface area contributed by atoms with Crippen molar-refractivity contribution in [3.8, 4) is 0 Å². The van der Waals surface area contributed by atoms with E-state index in [-0.39, 0.29) is 0 Å². The molecule has 0 spiro atoms. The monoisotopic (exact) mass is 237 g/mol. The molecule has 0 rings (SSSR count). The first-order chi connectivity index (χ1) is 7.40. The van der Waals surface area contributed by atoms with E-state index in [2.05, 4.69) is 4.84 Å². The van der Waals surface area contributed by atoms with Crippen molar-refractivity contribution in [3.05, 3.63) is 0 Å². The Balaban J connectivity index is 4.02. The number of amides is 1. The molecule has 94 valence electrons. The average molecular weight is 237 g/mol. The van der Waals surface area contributed by atoms with E-state index in [1.54, 1.807) is 0 Å². The van der Waals surface area contributed by atoms with Crippen molar-refractivity contribution in [2.45, 2.75) is 25.2 Å². The third-order valence-corrected chi connectivity index (χ3v) is 1.66. The highest BCUT2D eigenvalue weighted by molar-refractivity contribution is 5.84. The van der Waals surface area contributed by atoms with E-state index in [9.17, 15) is 14.7 Å². The molecule has 0 unspecified atom stereocenters. The summed E-state index contributed by atoms with van der Waals surface area (Å²) in [5.74, 6) is -1.47. The van der Waals surface area contributed by atoms with Crippen LogP contribution in [0.2, 0.25) is 0 Å². The third-order valence-electron chi connectivity index (χ3n) is 1.66. The van der Waals surface area contributed by atoms with Crippen LogP contribution in [-0.4, -0.2) is 63.6 Å². The zero-order valence-electron chi connectivity index (χ0n) is 8.66. The van der Waals surface area contributed by atoms with Crippen LogP contribution < -0.4 is 5.48 Å². The minimum absolute atomic E-state index is 0.529. The molecule has 8 heteroatoms. The molecule has 0 heterocycles. The van der Waals surface area contributed by atoms with Gasteiger partial charge in [-0.2, -0.15) is 0 Å². The lowest BCUT2D eigenvalue weighted by atomic mass is 10.1. The molecule has 0 aromatic rings. The largest absolute Gasteiger partial charge is 0.394 e. The van der Waals surface area contributed by atoms with E-state index < -0.39 is 43.2 Å². The fourth-order valence-electron chi connectivity index (χ4n) is 0.803. The van der Waals surface area contributed by atoms with Gasteiger partial charge in [0.25, 0.3) is 0 Å². The third kappa shape index (κ3) is 5.14. The summed E-state index contributed by atoms with van der Waals surface area (Å²) in [4.78, 5) is 25.8. The lowest BCUT2D eigenvalue weighted by Gasteiger charge is -2.20. The Morgan fingerprint density at radius 1 is 1.31 bits per heavy atom. The summed E-state index contributed by atoms with van der Waals surface area (Å²) in [7, 11) is 0. The number of hydrogen-bond donors (Lipinski definition) is 5. The summed E-state index contributed by atoms with van der Waals surface area (Å²) in [5, 5.41) is 35.7. The molecule has 0 aliphatic rings. The van der Waals surface area contributed by atoms with Gasteiger partial charge in [0.2, 0.25) is 5.91 Å². The maximum absolute atomic E-state index is 11.1. The molecule has 0 aliphatic carbocycles. The van der Waals surface area contributed by atoms with Gasteiger partial charge >= 0.3 is 0 Å². The predicted molar refractivity (Wildman–Crippen MR) is 49.9 cm³/mol. The summed E-state index contributed by atoms with van der Waals surface area (Å²) in [6.45, 7) is -0.292. The van der Waals surface area contributed by atoms with Gasteiger partial charge in [-0.1, -0.05) is 0 Å². The van der Waals surface area contributed by atoms with Crippen molar-refractivity contribution in [2.24, 2.45) is 0 Å². The maximum Gasteiger partial charge on any atom is 0.240 e. The molecule has 0 radical (unpaired) electrons. The second-order valence-electron chi connectivity index (χ2n) is 3.10. The van der Waals surface area contributed by atoms with Gasteiger partial charge in [0.1, 0.15) is 24.9 Å². The maximum atomic E-state index is 11.1. The normalized spacial score (nSPS) is 16.3. The lowest BCUT2D eigenvalue weighted by molar-refractivity contribution is -0.149. The molecular weight excluding hydrogens is 222 g/mol. The molecule has 0 bridgehead atoms. The fraction of sp³-hybridized carbons (Fsp3) is 0.750. The second-order valence-corrected chi connectivity index (χ2v) is 3.10. The summed E-state index contributed by atoms with van der Waals surface area (Å²) in [6.07, 6.45) is -5.32. The van der Waals surface area contributed by atoms with E-state index >= 15 is 0 Å². The number of nitrogens with one attached hydrogen (secondary N) is 1. The highest BCUT2D eigenvalue weighted by Gasteiger charge is 2.29. The van der Waals surface area contributed by atoms with Gasteiger partial charge in [0.15, 0.2) is 5.78 Å². The minimum atomic E-state index is -1.89. The van der Waals surface area contributed by atoms with Crippen LogP contribution in [0, 0.1) is 0 Å². The van der Waals surface area contributed by atoms with Crippen LogP contribution in [0.4, 0.5) is 0 Å². The molecule has 3 atom stereocenters. The van der Waals surface area contributed by atoms with Crippen LogP contribution in [0.3, 0.4) is 0 Å². The Morgan fingerprint density at radius 2 is 1.88 bits per heavy atom. The van der Waals surface area contributed by atoms with Crippen molar-refractivity contribution < 1.29 is 34.9 Å². The molecule has 0 saturated heterocycles. The number of carbonyl (C=O) groups excluding carboxylic acids is 2. The lowest BCUT2D eigenvalue weighted by Crippen LogP contribution is -2.45. The first-order valence-electron chi connectivity index (χ1n) is 4.46. The minimum Gasteiger partial charge on any atom is -0.394 e. The molecule has 0 aromatic heterocycles. The van der Waals surface area contributed by atoms with Crippen LogP contribution >= 0.6 is 0 Å². The summed E-state index contributed by atoms with van der Waals surface area (Å²) in [6, 6.07) is 0. The smallest absolute Gasteiger partial charge is 0.240 e. The van der Waals surface area contributed by atoms with Gasteiger partial charge in [0, 0.05) is 6.92 Å². The zero-order valence-corrected chi connectivity index (χ0v) is 8.66. The number of carbonyl (C=O) groups is 2. The van der Waals surface area contributed by atoms with E-state index in [0.717, 1.165) is 6.92 Å². The Labute approximate surface area is 91.4 Å². The molecule has 16 heavy (non-hydrogen) atoms. The molecule has 0 fully saturated rings. The zero-order chi connectivity index (χ0) is 12.7. The van der Waals surface area contributed by atoms with Crippen molar-refractivity contribution in [3.63, 3.8) is 0 Å². The van der Waals surface area contributed by atoms with Gasteiger partial charge in [0.05, 0.1) is 6.61 Å². The fourth-order valence-corrected chi connectivity index (χ4v) is 0.803. The van der Waals surface area contributed by atoms with Crippen molar-refractivity contribution in [1.29, 1.82) is 0 Å². The van der Waals surface area contributed by atoms with Gasteiger partial charge in [-0.3, -0.25) is 14.4 Å². The highest BCUT2D eigenvalue weighted by atomic mass is 16.7. The number of aliphatic hydroxyl groups excluding tert-OH is 4. The number of rotatable bonds is 7. The molecule has 5 N–H and O–H groups in total. The Kier molecular flexibility index (Phi) is 6.77. The van der Waals surface area contributed by atoms with Gasteiger partial charge < -0.3 is 20.4 Å². The molecule has 0 aliphatic heterocycles. The average Bonchev–Trinajstić information content (AvgIpc) is 2.25. The molecule has 1 amide bonds. The molecular formula is C8H15NO7. The Hall–Kier alpha value is -1.06. The Morgan fingerprint density at radius 3 is 2.31 bits per heavy atom. The quantitative estimate of drug-likeness (QED) is 0.292. The van der Waals surface area contributed by atoms with Crippen LogP contribution in [0.1, 0.15) is 6.92 Å².